The number of ketones is 1. The fourth-order valence-electron chi connectivity index (χ4n) is 3.93. The van der Waals surface area contributed by atoms with Crippen LogP contribution in [0.2, 0.25) is 0 Å². The number of methoxy groups -OCH3 is 1. The van der Waals surface area contributed by atoms with Crippen molar-refractivity contribution < 1.29 is 33.6 Å². The summed E-state index contributed by atoms with van der Waals surface area (Å²) in [4.78, 5) is 27.3. The Bertz CT molecular complexity index is 1060. The number of nitrogens with zero attached hydrogens (tertiary/aromatic N) is 1. The number of ether oxygens (including phenoxy) is 4. The molecular formula is C25H27NO7. The van der Waals surface area contributed by atoms with E-state index < -0.39 is 17.7 Å². The van der Waals surface area contributed by atoms with Crippen LogP contribution in [0, 0.1) is 0 Å². The zero-order valence-electron chi connectivity index (χ0n) is 18.7. The minimum Gasteiger partial charge on any atom is -0.507 e. The lowest BCUT2D eigenvalue weighted by Gasteiger charge is -2.25. The van der Waals surface area contributed by atoms with Gasteiger partial charge in [-0.15, -0.1) is 0 Å². The molecule has 174 valence electrons. The predicted molar refractivity (Wildman–Crippen MR) is 120 cm³/mol. The molecule has 2 aliphatic rings. The second kappa shape index (κ2) is 9.95. The predicted octanol–water partition coefficient (Wildman–Crippen LogP) is 3.66. The Kier molecular flexibility index (Phi) is 6.84. The van der Waals surface area contributed by atoms with Crippen molar-refractivity contribution in [3.05, 3.63) is 59.2 Å². The van der Waals surface area contributed by atoms with Crippen molar-refractivity contribution in [2.75, 3.05) is 33.7 Å². The van der Waals surface area contributed by atoms with E-state index >= 15 is 0 Å². The van der Waals surface area contributed by atoms with Crippen LogP contribution in [0.3, 0.4) is 0 Å². The highest BCUT2D eigenvalue weighted by Gasteiger charge is 2.46. The SMILES string of the molecule is CCCCOc1ccc(C2/C(=C(/O)c3ccc4c(c3)OCO4)C(=O)C(=O)N2CCOC)cc1. The van der Waals surface area contributed by atoms with Crippen LogP contribution in [0.4, 0.5) is 0 Å². The number of unbranched alkanes of at least 4 members (excludes halogenated alkanes) is 1. The number of aliphatic hydroxyl groups excluding tert-OH is 1. The molecule has 2 aromatic rings. The van der Waals surface area contributed by atoms with Crippen molar-refractivity contribution >= 4 is 17.4 Å². The number of carbonyl (C=O) groups is 2. The van der Waals surface area contributed by atoms with E-state index in [1.54, 1.807) is 18.2 Å². The number of likely N-dealkylation sites (tertiary alicyclic amines) is 1. The van der Waals surface area contributed by atoms with Crippen LogP contribution in [0.1, 0.15) is 36.9 Å². The summed E-state index contributed by atoms with van der Waals surface area (Å²) >= 11 is 0. The third kappa shape index (κ3) is 4.52. The summed E-state index contributed by atoms with van der Waals surface area (Å²) in [5.74, 6) is 0.0499. The number of hydrogen-bond acceptors (Lipinski definition) is 7. The quantitative estimate of drug-likeness (QED) is 0.268. The molecule has 1 N–H and O–H groups in total. The maximum atomic E-state index is 13.0. The summed E-state index contributed by atoms with van der Waals surface area (Å²) < 4.78 is 21.6. The van der Waals surface area contributed by atoms with Gasteiger partial charge in [0.25, 0.3) is 11.7 Å². The normalized spacial score (nSPS) is 18.7. The maximum Gasteiger partial charge on any atom is 0.295 e. The fourth-order valence-corrected chi connectivity index (χ4v) is 3.93. The minimum atomic E-state index is -0.754. The van der Waals surface area contributed by atoms with Gasteiger partial charge >= 0.3 is 0 Å². The molecule has 1 unspecified atom stereocenters. The summed E-state index contributed by atoms with van der Waals surface area (Å²) in [7, 11) is 1.53. The highest BCUT2D eigenvalue weighted by molar-refractivity contribution is 6.46. The number of rotatable bonds is 9. The molecule has 1 atom stereocenters. The van der Waals surface area contributed by atoms with Crippen molar-refractivity contribution in [1.82, 2.24) is 4.90 Å². The lowest BCUT2D eigenvalue weighted by atomic mass is 9.95. The zero-order chi connectivity index (χ0) is 23.4. The molecule has 33 heavy (non-hydrogen) atoms. The molecule has 0 bridgehead atoms. The van der Waals surface area contributed by atoms with E-state index in [2.05, 4.69) is 6.92 Å². The van der Waals surface area contributed by atoms with Crippen molar-refractivity contribution in [2.45, 2.75) is 25.8 Å². The molecule has 8 nitrogen and oxygen atoms in total. The number of hydrogen-bond donors (Lipinski definition) is 1. The largest absolute Gasteiger partial charge is 0.507 e. The van der Waals surface area contributed by atoms with Crippen LogP contribution in [0.5, 0.6) is 17.2 Å². The van der Waals surface area contributed by atoms with Gasteiger partial charge in [0.05, 0.1) is 24.8 Å². The first-order chi connectivity index (χ1) is 16.0. The topological polar surface area (TPSA) is 94.5 Å². The van der Waals surface area contributed by atoms with E-state index in [1.807, 2.05) is 24.3 Å². The average Bonchev–Trinajstić information content (AvgIpc) is 3.40. The molecule has 2 aliphatic heterocycles. The number of aliphatic hydroxyl groups is 1. The van der Waals surface area contributed by atoms with Gasteiger partial charge in [-0.1, -0.05) is 25.5 Å². The van der Waals surface area contributed by atoms with E-state index in [0.29, 0.717) is 35.0 Å². The Morgan fingerprint density at radius 1 is 1.09 bits per heavy atom. The van der Waals surface area contributed by atoms with E-state index in [9.17, 15) is 14.7 Å². The molecule has 2 heterocycles. The van der Waals surface area contributed by atoms with Crippen LogP contribution in [0.25, 0.3) is 5.76 Å². The first kappa shape index (κ1) is 22.7. The lowest BCUT2D eigenvalue weighted by Crippen LogP contribution is -2.32. The van der Waals surface area contributed by atoms with Gasteiger partial charge in [0.15, 0.2) is 11.5 Å². The summed E-state index contributed by atoms with van der Waals surface area (Å²) in [6, 6.07) is 11.4. The van der Waals surface area contributed by atoms with Crippen molar-refractivity contribution in [2.24, 2.45) is 0 Å². The molecular weight excluding hydrogens is 426 g/mol. The molecule has 1 amide bonds. The highest BCUT2D eigenvalue weighted by atomic mass is 16.7. The second-order valence-corrected chi connectivity index (χ2v) is 7.82. The first-order valence-corrected chi connectivity index (χ1v) is 10.9. The molecule has 1 fully saturated rings. The molecule has 1 saturated heterocycles. The maximum absolute atomic E-state index is 13.0. The molecule has 4 rings (SSSR count). The van der Waals surface area contributed by atoms with Crippen molar-refractivity contribution in [1.29, 1.82) is 0 Å². The van der Waals surface area contributed by atoms with E-state index in [4.69, 9.17) is 18.9 Å². The molecule has 8 heteroatoms. The van der Waals surface area contributed by atoms with Gasteiger partial charge in [-0.3, -0.25) is 9.59 Å². The van der Waals surface area contributed by atoms with Gasteiger partial charge in [-0.25, -0.2) is 0 Å². The summed E-state index contributed by atoms with van der Waals surface area (Å²) in [5, 5.41) is 11.1. The Balaban J connectivity index is 1.73. The Morgan fingerprint density at radius 3 is 2.58 bits per heavy atom. The summed E-state index contributed by atoms with van der Waals surface area (Å²) in [6.07, 6.45) is 1.99. The van der Waals surface area contributed by atoms with Gasteiger partial charge in [-0.2, -0.15) is 0 Å². The zero-order valence-corrected chi connectivity index (χ0v) is 18.7. The Morgan fingerprint density at radius 2 is 1.85 bits per heavy atom. The second-order valence-electron chi connectivity index (χ2n) is 7.82. The molecule has 0 aliphatic carbocycles. The first-order valence-electron chi connectivity index (χ1n) is 10.9. The van der Waals surface area contributed by atoms with Gasteiger partial charge < -0.3 is 29.0 Å². The van der Waals surface area contributed by atoms with Crippen molar-refractivity contribution in [3.8, 4) is 17.2 Å². The van der Waals surface area contributed by atoms with Crippen molar-refractivity contribution in [3.63, 3.8) is 0 Å². The third-order valence-electron chi connectivity index (χ3n) is 5.68. The molecule has 0 aromatic heterocycles. The average molecular weight is 453 g/mol. The number of carbonyl (C=O) groups excluding carboxylic acids is 2. The molecule has 0 saturated carbocycles. The van der Waals surface area contributed by atoms with E-state index in [1.165, 1.54) is 12.0 Å². The smallest absolute Gasteiger partial charge is 0.295 e. The minimum absolute atomic E-state index is 0.0228. The molecule has 0 radical (unpaired) electrons. The van der Waals surface area contributed by atoms with Gasteiger partial charge in [-0.05, 0) is 42.3 Å². The summed E-state index contributed by atoms with van der Waals surface area (Å²) in [5.41, 5.74) is 1.08. The summed E-state index contributed by atoms with van der Waals surface area (Å²) in [6.45, 7) is 3.26. The Hall–Kier alpha value is -3.52. The highest BCUT2D eigenvalue weighted by Crippen LogP contribution is 2.41. The van der Waals surface area contributed by atoms with Gasteiger partial charge in [0.2, 0.25) is 6.79 Å². The van der Waals surface area contributed by atoms with E-state index in [0.717, 1.165) is 12.8 Å². The van der Waals surface area contributed by atoms with Crippen LogP contribution in [0.15, 0.2) is 48.0 Å². The Labute approximate surface area is 192 Å². The van der Waals surface area contributed by atoms with Crippen LogP contribution < -0.4 is 14.2 Å². The van der Waals surface area contributed by atoms with Gasteiger partial charge in [0, 0.05) is 19.2 Å². The monoisotopic (exact) mass is 453 g/mol. The number of amides is 1. The molecule has 2 aromatic carbocycles. The van der Waals surface area contributed by atoms with Gasteiger partial charge in [0.1, 0.15) is 11.5 Å². The van der Waals surface area contributed by atoms with Crippen LogP contribution in [-0.4, -0.2) is 55.4 Å². The van der Waals surface area contributed by atoms with E-state index in [-0.39, 0.29) is 31.3 Å². The lowest BCUT2D eigenvalue weighted by molar-refractivity contribution is -0.140. The third-order valence-corrected chi connectivity index (χ3v) is 5.68. The number of benzene rings is 2. The van der Waals surface area contributed by atoms with Crippen LogP contribution in [-0.2, 0) is 14.3 Å². The number of fused-ring (bicyclic) bond motifs is 1. The number of Topliss-reactive ketones (excluding diaryl/α,β-unsaturated/α-hetero) is 1. The molecule has 0 spiro atoms. The van der Waals surface area contributed by atoms with Crippen LogP contribution >= 0.6 is 0 Å². The standard InChI is InChI=1S/C25H27NO7/c1-3-4-12-31-18-8-5-16(6-9-18)22-21(24(28)25(29)26(22)11-13-30-2)23(27)17-7-10-19-20(14-17)33-15-32-19/h5-10,14,22,27H,3-4,11-13,15H2,1-2H3/b23-21-. The fraction of sp³-hybridized carbons (Fsp3) is 0.360.